The van der Waals surface area contributed by atoms with Crippen molar-refractivity contribution in [3.8, 4) is 0 Å². The average Bonchev–Trinajstić information content (AvgIpc) is 2.65. The summed E-state index contributed by atoms with van der Waals surface area (Å²) >= 11 is 6.83. The van der Waals surface area contributed by atoms with E-state index in [0.717, 1.165) is 28.6 Å². The molecule has 1 aromatic heterocycles. The number of aryl methyl sites for hydroxylation is 1. The highest BCUT2D eigenvalue weighted by Gasteiger charge is 2.18. The molecule has 76 valence electrons. The summed E-state index contributed by atoms with van der Waals surface area (Å²) in [6.07, 6.45) is 3.82. The van der Waals surface area contributed by atoms with Crippen LogP contribution in [0.4, 0.5) is 0 Å². The molecule has 0 amide bonds. The summed E-state index contributed by atoms with van der Waals surface area (Å²) in [5, 5.41) is 4.08. The second-order valence-electron chi connectivity index (χ2n) is 3.53. The fourth-order valence-corrected chi connectivity index (χ4v) is 2.59. The van der Waals surface area contributed by atoms with Crippen molar-refractivity contribution >= 4 is 28.7 Å². The Morgan fingerprint density at radius 3 is 2.64 bits per heavy atom. The van der Waals surface area contributed by atoms with E-state index < -0.39 is 0 Å². The molecule has 0 bridgehead atoms. The molecule has 1 aliphatic heterocycles. The van der Waals surface area contributed by atoms with Gasteiger partial charge in [0.15, 0.2) is 0 Å². The number of hydrogen-bond acceptors (Lipinski definition) is 4. The maximum atomic E-state index is 5.41. The summed E-state index contributed by atoms with van der Waals surface area (Å²) in [5.41, 5.74) is 0.909. The Bertz CT molecular complexity index is 329. The molecule has 0 radical (unpaired) electrons. The van der Waals surface area contributed by atoms with Crippen LogP contribution in [-0.4, -0.2) is 32.6 Å². The molecular weight excluding hydrogens is 214 g/mol. The molecule has 2 heterocycles. The van der Waals surface area contributed by atoms with Crippen LogP contribution in [0.1, 0.15) is 29.8 Å². The minimum absolute atomic E-state index is 0.885. The van der Waals surface area contributed by atoms with E-state index in [9.17, 15) is 0 Å². The molecule has 5 heteroatoms. The standard InChI is InChI=1S/C9H13N3S2/c1-7-8(10-11-14-7)9(13)12-5-3-2-4-6-12/h2-6H2,1H3. The Morgan fingerprint density at radius 2 is 2.07 bits per heavy atom. The molecule has 0 aromatic carbocycles. The van der Waals surface area contributed by atoms with Crippen LogP contribution in [0.15, 0.2) is 0 Å². The summed E-state index contributed by atoms with van der Waals surface area (Å²) in [7, 11) is 0. The first kappa shape index (κ1) is 9.98. The number of hydrogen-bond donors (Lipinski definition) is 0. The van der Waals surface area contributed by atoms with Crippen molar-refractivity contribution in [2.45, 2.75) is 26.2 Å². The summed E-state index contributed by atoms with van der Waals surface area (Å²) in [4.78, 5) is 4.26. The summed E-state index contributed by atoms with van der Waals surface area (Å²) in [5.74, 6) is 0. The van der Waals surface area contributed by atoms with Crippen molar-refractivity contribution in [2.24, 2.45) is 0 Å². The predicted octanol–water partition coefficient (Wildman–Crippen LogP) is 2.01. The lowest BCUT2D eigenvalue weighted by Crippen LogP contribution is -2.35. The van der Waals surface area contributed by atoms with Gasteiger partial charge in [0.1, 0.15) is 10.7 Å². The first-order valence-electron chi connectivity index (χ1n) is 4.87. The molecule has 2 rings (SSSR count). The Morgan fingerprint density at radius 1 is 1.36 bits per heavy atom. The van der Waals surface area contributed by atoms with E-state index in [1.807, 2.05) is 6.92 Å². The van der Waals surface area contributed by atoms with Gasteiger partial charge in [-0.05, 0) is 37.7 Å². The molecule has 3 nitrogen and oxygen atoms in total. The Labute approximate surface area is 93.3 Å². The first-order valence-corrected chi connectivity index (χ1v) is 6.05. The van der Waals surface area contributed by atoms with E-state index in [4.69, 9.17) is 12.2 Å². The van der Waals surface area contributed by atoms with E-state index in [1.54, 1.807) is 0 Å². The highest BCUT2D eigenvalue weighted by atomic mass is 32.1. The van der Waals surface area contributed by atoms with Gasteiger partial charge < -0.3 is 4.90 Å². The number of piperidine rings is 1. The lowest BCUT2D eigenvalue weighted by Gasteiger charge is -2.28. The summed E-state index contributed by atoms with van der Waals surface area (Å²) in [6.45, 7) is 4.18. The van der Waals surface area contributed by atoms with Crippen molar-refractivity contribution in [3.63, 3.8) is 0 Å². The van der Waals surface area contributed by atoms with Gasteiger partial charge in [0.2, 0.25) is 0 Å². The highest BCUT2D eigenvalue weighted by Crippen LogP contribution is 2.16. The van der Waals surface area contributed by atoms with Crippen LogP contribution in [0.25, 0.3) is 0 Å². The second-order valence-corrected chi connectivity index (χ2v) is 4.88. The zero-order chi connectivity index (χ0) is 9.97. The highest BCUT2D eigenvalue weighted by molar-refractivity contribution is 7.80. The largest absolute Gasteiger partial charge is 0.361 e. The molecule has 1 saturated heterocycles. The quantitative estimate of drug-likeness (QED) is 0.686. The Kier molecular flexibility index (Phi) is 3.08. The molecule has 1 fully saturated rings. The van der Waals surface area contributed by atoms with Crippen LogP contribution in [0, 0.1) is 6.92 Å². The minimum Gasteiger partial charge on any atom is -0.361 e. The normalized spacial score (nSPS) is 17.1. The zero-order valence-electron chi connectivity index (χ0n) is 8.19. The minimum atomic E-state index is 0.885. The van der Waals surface area contributed by atoms with Gasteiger partial charge in [0.25, 0.3) is 0 Å². The molecular formula is C9H13N3S2. The van der Waals surface area contributed by atoms with E-state index in [-0.39, 0.29) is 0 Å². The van der Waals surface area contributed by atoms with Gasteiger partial charge in [0.05, 0.1) is 4.88 Å². The van der Waals surface area contributed by atoms with Gasteiger partial charge >= 0.3 is 0 Å². The number of aromatic nitrogens is 2. The van der Waals surface area contributed by atoms with Crippen molar-refractivity contribution in [2.75, 3.05) is 13.1 Å². The first-order chi connectivity index (χ1) is 6.79. The lowest BCUT2D eigenvalue weighted by molar-refractivity contribution is 0.347. The maximum absolute atomic E-state index is 5.41. The van der Waals surface area contributed by atoms with Crippen LogP contribution in [0.5, 0.6) is 0 Å². The number of likely N-dealkylation sites (tertiary alicyclic amines) is 1. The van der Waals surface area contributed by atoms with Gasteiger partial charge in [-0.2, -0.15) is 0 Å². The molecule has 0 N–H and O–H groups in total. The smallest absolute Gasteiger partial charge is 0.136 e. The van der Waals surface area contributed by atoms with Gasteiger partial charge in [0, 0.05) is 13.1 Å². The topological polar surface area (TPSA) is 29.0 Å². The average molecular weight is 227 g/mol. The van der Waals surface area contributed by atoms with Crippen LogP contribution >= 0.6 is 23.8 Å². The Hall–Kier alpha value is -0.550. The second kappa shape index (κ2) is 4.31. The Balaban J connectivity index is 2.11. The van der Waals surface area contributed by atoms with E-state index >= 15 is 0 Å². The number of thiocarbonyl (C=S) groups is 1. The van der Waals surface area contributed by atoms with E-state index in [1.165, 1.54) is 30.8 Å². The molecule has 0 saturated carbocycles. The van der Waals surface area contributed by atoms with Crippen LogP contribution in [0.3, 0.4) is 0 Å². The fourth-order valence-electron chi connectivity index (χ4n) is 1.68. The van der Waals surface area contributed by atoms with Crippen LogP contribution in [-0.2, 0) is 0 Å². The predicted molar refractivity (Wildman–Crippen MR) is 61.8 cm³/mol. The third kappa shape index (κ3) is 1.93. The van der Waals surface area contributed by atoms with E-state index in [0.29, 0.717) is 0 Å². The third-order valence-corrected chi connectivity index (χ3v) is 3.58. The van der Waals surface area contributed by atoms with E-state index in [2.05, 4.69) is 14.5 Å². The number of nitrogens with zero attached hydrogens (tertiary/aromatic N) is 3. The van der Waals surface area contributed by atoms with Crippen molar-refractivity contribution < 1.29 is 0 Å². The van der Waals surface area contributed by atoms with Crippen LogP contribution < -0.4 is 0 Å². The fraction of sp³-hybridized carbons (Fsp3) is 0.667. The third-order valence-electron chi connectivity index (χ3n) is 2.50. The van der Waals surface area contributed by atoms with Gasteiger partial charge in [-0.25, -0.2) is 0 Å². The van der Waals surface area contributed by atoms with Gasteiger partial charge in [-0.1, -0.05) is 16.7 Å². The van der Waals surface area contributed by atoms with Crippen molar-refractivity contribution in [1.29, 1.82) is 0 Å². The number of rotatable bonds is 1. The molecule has 1 aromatic rings. The summed E-state index contributed by atoms with van der Waals surface area (Å²) in [6, 6.07) is 0. The molecule has 0 atom stereocenters. The summed E-state index contributed by atoms with van der Waals surface area (Å²) < 4.78 is 3.92. The zero-order valence-corrected chi connectivity index (χ0v) is 9.83. The molecule has 1 aliphatic rings. The van der Waals surface area contributed by atoms with Crippen molar-refractivity contribution in [1.82, 2.24) is 14.5 Å². The van der Waals surface area contributed by atoms with Crippen LogP contribution in [0.2, 0.25) is 0 Å². The lowest BCUT2D eigenvalue weighted by atomic mass is 10.1. The maximum Gasteiger partial charge on any atom is 0.136 e. The molecule has 14 heavy (non-hydrogen) atoms. The van der Waals surface area contributed by atoms with Gasteiger partial charge in [-0.15, -0.1) is 5.10 Å². The SMILES string of the molecule is Cc1snnc1C(=S)N1CCCCC1. The molecule has 0 aliphatic carbocycles. The van der Waals surface area contributed by atoms with Crippen molar-refractivity contribution in [3.05, 3.63) is 10.6 Å². The monoisotopic (exact) mass is 227 g/mol. The molecule has 0 unspecified atom stereocenters. The molecule has 0 spiro atoms. The van der Waals surface area contributed by atoms with Gasteiger partial charge in [-0.3, -0.25) is 0 Å².